The first-order chi connectivity index (χ1) is 9.75. The fraction of sp³-hybridized carbons (Fsp3) is 0.308. The summed E-state index contributed by atoms with van der Waals surface area (Å²) in [6.45, 7) is 1.58. The first kappa shape index (κ1) is 14.2. The number of benzene rings is 1. The van der Waals surface area contributed by atoms with Gasteiger partial charge in [0, 0.05) is 13.1 Å². The normalized spacial score (nSPS) is 10.6. The van der Waals surface area contributed by atoms with Gasteiger partial charge in [0.25, 0.3) is 0 Å². The zero-order chi connectivity index (χ0) is 14.2. The Morgan fingerprint density at radius 1 is 1.35 bits per heavy atom. The minimum Gasteiger partial charge on any atom is -0.370 e. The maximum Gasteiger partial charge on any atom is 0.243 e. The second-order valence-corrected chi connectivity index (χ2v) is 4.16. The Morgan fingerprint density at radius 3 is 2.90 bits per heavy atom. The largest absolute Gasteiger partial charge is 0.370 e. The fourth-order valence-corrected chi connectivity index (χ4v) is 1.59. The van der Waals surface area contributed by atoms with Crippen molar-refractivity contribution in [1.82, 2.24) is 20.3 Å². The predicted octanol–water partition coefficient (Wildman–Crippen LogP) is -0.141. The molecule has 0 atom stereocenters. The minimum atomic E-state index is -0.462. The zero-order valence-corrected chi connectivity index (χ0v) is 11.0. The van der Waals surface area contributed by atoms with Crippen molar-refractivity contribution in [2.24, 2.45) is 5.73 Å². The van der Waals surface area contributed by atoms with E-state index in [4.69, 9.17) is 10.5 Å². The van der Waals surface area contributed by atoms with Gasteiger partial charge in [-0.15, -0.1) is 0 Å². The number of ether oxygens (including phenoxy) is 1. The van der Waals surface area contributed by atoms with Crippen LogP contribution in [0.4, 0.5) is 0 Å². The summed E-state index contributed by atoms with van der Waals surface area (Å²) in [6, 6.07) is 9.70. The lowest BCUT2D eigenvalue weighted by atomic mass is 10.3. The van der Waals surface area contributed by atoms with E-state index in [0.717, 1.165) is 11.4 Å². The van der Waals surface area contributed by atoms with Gasteiger partial charge < -0.3 is 15.8 Å². The molecule has 2 rings (SSSR count). The number of hydrogen-bond donors (Lipinski definition) is 2. The van der Waals surface area contributed by atoms with Crippen molar-refractivity contribution < 1.29 is 9.53 Å². The number of aromatic nitrogens is 3. The van der Waals surface area contributed by atoms with E-state index in [9.17, 15) is 4.79 Å². The highest BCUT2D eigenvalue weighted by molar-refractivity contribution is 5.74. The highest BCUT2D eigenvalue weighted by Crippen LogP contribution is 2.03. The molecule has 0 fully saturated rings. The molecular weight excluding hydrogens is 258 g/mol. The number of rotatable bonds is 8. The molecule has 0 saturated carbocycles. The van der Waals surface area contributed by atoms with Crippen LogP contribution in [0.5, 0.6) is 0 Å². The number of nitrogens with one attached hydrogen (secondary N) is 1. The topological polar surface area (TPSA) is 95.1 Å². The Balaban J connectivity index is 1.72. The lowest BCUT2D eigenvalue weighted by Crippen LogP contribution is -2.23. The van der Waals surface area contributed by atoms with Crippen molar-refractivity contribution in [2.75, 3.05) is 19.8 Å². The van der Waals surface area contributed by atoms with Crippen LogP contribution >= 0.6 is 0 Å². The van der Waals surface area contributed by atoms with Crippen LogP contribution in [0, 0.1) is 0 Å². The molecule has 0 spiro atoms. The molecule has 106 valence electrons. The molecule has 0 radical (unpaired) electrons. The summed E-state index contributed by atoms with van der Waals surface area (Å²) in [6.07, 6.45) is 1.71. The minimum absolute atomic E-state index is 0.0497. The van der Waals surface area contributed by atoms with Crippen molar-refractivity contribution in [2.45, 2.75) is 6.54 Å². The van der Waals surface area contributed by atoms with Crippen LogP contribution < -0.4 is 11.1 Å². The average Bonchev–Trinajstić information content (AvgIpc) is 2.92. The summed E-state index contributed by atoms with van der Waals surface area (Å²) >= 11 is 0. The number of para-hydroxylation sites is 1. The van der Waals surface area contributed by atoms with E-state index in [2.05, 4.69) is 15.5 Å². The number of primary amides is 1. The summed E-state index contributed by atoms with van der Waals surface area (Å²) in [5.41, 5.74) is 6.71. The molecule has 1 heterocycles. The second-order valence-electron chi connectivity index (χ2n) is 4.16. The van der Waals surface area contributed by atoms with Crippen LogP contribution in [-0.2, 0) is 16.1 Å². The van der Waals surface area contributed by atoms with Crippen LogP contribution in [-0.4, -0.2) is 40.7 Å². The van der Waals surface area contributed by atoms with Gasteiger partial charge in [0.2, 0.25) is 5.91 Å². The molecule has 0 bridgehead atoms. The standard InChI is InChI=1S/C13H17N5O2/c14-13(19)10-20-7-6-15-8-11-9-16-18(17-11)12-4-2-1-3-5-12/h1-5,9,15H,6-8,10H2,(H2,14,19). The number of nitrogens with two attached hydrogens (primary N) is 1. The molecule has 20 heavy (non-hydrogen) atoms. The number of carbonyl (C=O) groups is 1. The van der Waals surface area contributed by atoms with Gasteiger partial charge in [-0.05, 0) is 12.1 Å². The van der Waals surface area contributed by atoms with Gasteiger partial charge in [0.1, 0.15) is 6.61 Å². The van der Waals surface area contributed by atoms with Gasteiger partial charge in [-0.3, -0.25) is 4.79 Å². The molecule has 0 unspecified atom stereocenters. The molecule has 3 N–H and O–H groups in total. The van der Waals surface area contributed by atoms with E-state index in [0.29, 0.717) is 19.7 Å². The van der Waals surface area contributed by atoms with E-state index in [-0.39, 0.29) is 6.61 Å². The molecule has 2 aromatic rings. The van der Waals surface area contributed by atoms with Gasteiger partial charge in [-0.1, -0.05) is 18.2 Å². The number of hydrogen-bond acceptors (Lipinski definition) is 5. The van der Waals surface area contributed by atoms with Gasteiger partial charge in [0.05, 0.1) is 24.2 Å². The molecule has 0 aliphatic carbocycles. The predicted molar refractivity (Wildman–Crippen MR) is 73.1 cm³/mol. The quantitative estimate of drug-likeness (QED) is 0.654. The van der Waals surface area contributed by atoms with Crippen molar-refractivity contribution in [3.63, 3.8) is 0 Å². The Kier molecular flexibility index (Phi) is 5.22. The zero-order valence-electron chi connectivity index (χ0n) is 11.0. The monoisotopic (exact) mass is 275 g/mol. The summed E-state index contributed by atoms with van der Waals surface area (Å²) in [5, 5.41) is 11.7. The van der Waals surface area contributed by atoms with E-state index in [1.54, 1.807) is 11.0 Å². The van der Waals surface area contributed by atoms with Crippen LogP contribution in [0.15, 0.2) is 36.5 Å². The lowest BCUT2D eigenvalue weighted by molar-refractivity contribution is -0.122. The summed E-state index contributed by atoms with van der Waals surface area (Å²) in [5.74, 6) is -0.462. The highest BCUT2D eigenvalue weighted by Gasteiger charge is 2.02. The van der Waals surface area contributed by atoms with E-state index >= 15 is 0 Å². The molecule has 1 aromatic heterocycles. The van der Waals surface area contributed by atoms with Gasteiger partial charge in [-0.25, -0.2) is 0 Å². The van der Waals surface area contributed by atoms with Gasteiger partial charge in [-0.2, -0.15) is 15.0 Å². The smallest absolute Gasteiger partial charge is 0.243 e. The van der Waals surface area contributed by atoms with Crippen molar-refractivity contribution in [3.8, 4) is 5.69 Å². The molecule has 1 amide bonds. The number of carbonyl (C=O) groups excluding carboxylic acids is 1. The molecule has 0 saturated heterocycles. The van der Waals surface area contributed by atoms with Crippen molar-refractivity contribution in [1.29, 1.82) is 0 Å². The van der Waals surface area contributed by atoms with Crippen LogP contribution in [0.1, 0.15) is 5.69 Å². The molecule has 0 aliphatic heterocycles. The lowest BCUT2D eigenvalue weighted by Gasteiger charge is -2.02. The third-order valence-electron chi connectivity index (χ3n) is 2.50. The fourth-order valence-electron chi connectivity index (χ4n) is 1.59. The summed E-state index contributed by atoms with van der Waals surface area (Å²) < 4.78 is 5.03. The number of nitrogens with zero attached hydrogens (tertiary/aromatic N) is 3. The first-order valence-corrected chi connectivity index (χ1v) is 6.29. The molecule has 7 nitrogen and oxygen atoms in total. The van der Waals surface area contributed by atoms with Gasteiger partial charge >= 0.3 is 0 Å². The second kappa shape index (κ2) is 7.37. The molecule has 1 aromatic carbocycles. The van der Waals surface area contributed by atoms with Crippen LogP contribution in [0.3, 0.4) is 0 Å². The van der Waals surface area contributed by atoms with Crippen LogP contribution in [0.25, 0.3) is 5.69 Å². The van der Waals surface area contributed by atoms with Crippen LogP contribution in [0.2, 0.25) is 0 Å². The van der Waals surface area contributed by atoms with Crippen molar-refractivity contribution in [3.05, 3.63) is 42.2 Å². The van der Waals surface area contributed by atoms with Crippen molar-refractivity contribution >= 4 is 5.91 Å². The van der Waals surface area contributed by atoms with Gasteiger partial charge in [0.15, 0.2) is 0 Å². The third kappa shape index (κ3) is 4.45. The Bertz CT molecular complexity index is 541. The highest BCUT2D eigenvalue weighted by atomic mass is 16.5. The first-order valence-electron chi connectivity index (χ1n) is 6.29. The number of amides is 1. The average molecular weight is 275 g/mol. The maximum atomic E-state index is 10.4. The van der Waals surface area contributed by atoms with E-state index in [1.807, 2.05) is 30.3 Å². The summed E-state index contributed by atoms with van der Waals surface area (Å²) in [7, 11) is 0. The Labute approximate surface area is 116 Å². The Hall–Kier alpha value is -2.25. The Morgan fingerprint density at radius 2 is 2.15 bits per heavy atom. The van der Waals surface area contributed by atoms with E-state index < -0.39 is 5.91 Å². The third-order valence-corrected chi connectivity index (χ3v) is 2.50. The molecular formula is C13H17N5O2. The SMILES string of the molecule is NC(=O)COCCNCc1cnn(-c2ccccc2)n1. The summed E-state index contributed by atoms with van der Waals surface area (Å²) in [4.78, 5) is 12.0. The molecule has 0 aliphatic rings. The maximum absolute atomic E-state index is 10.4. The van der Waals surface area contributed by atoms with E-state index in [1.165, 1.54) is 0 Å². The molecule has 7 heteroatoms.